The first kappa shape index (κ1) is 12.0. The molecule has 2 N–H and O–H groups in total. The average molecular weight is 211 g/mol. The Bertz CT molecular complexity index is 342. The smallest absolute Gasteiger partial charge is 0.165 e. The lowest BCUT2D eigenvalue weighted by molar-refractivity contribution is 0.231. The van der Waals surface area contributed by atoms with Crippen LogP contribution in [-0.4, -0.2) is 6.10 Å². The van der Waals surface area contributed by atoms with E-state index in [1.807, 2.05) is 27.7 Å². The first-order valence-electron chi connectivity index (χ1n) is 5.06. The lowest BCUT2D eigenvalue weighted by atomic mass is 9.95. The molecule has 1 rings (SSSR count). The second-order valence-electron chi connectivity index (χ2n) is 4.53. The third-order valence-electron chi connectivity index (χ3n) is 2.04. The molecule has 1 aromatic rings. The standard InChI is InChI=1S/C12H18FNO/c1-8(2)15-11-6-5-9(7-10(11)13)12(3,4)14/h5-8H,14H2,1-4H3. The van der Waals surface area contributed by atoms with Crippen molar-refractivity contribution in [3.63, 3.8) is 0 Å². The molecule has 0 aliphatic carbocycles. The molecule has 2 nitrogen and oxygen atoms in total. The molecule has 0 radical (unpaired) electrons. The molecule has 1 aromatic carbocycles. The van der Waals surface area contributed by atoms with E-state index in [1.165, 1.54) is 6.07 Å². The monoisotopic (exact) mass is 211 g/mol. The van der Waals surface area contributed by atoms with Gasteiger partial charge >= 0.3 is 0 Å². The zero-order valence-electron chi connectivity index (χ0n) is 9.67. The third kappa shape index (κ3) is 3.20. The highest BCUT2D eigenvalue weighted by molar-refractivity contribution is 5.32. The molecule has 0 spiro atoms. The van der Waals surface area contributed by atoms with E-state index >= 15 is 0 Å². The van der Waals surface area contributed by atoms with Crippen molar-refractivity contribution in [2.75, 3.05) is 0 Å². The number of hydrogen-bond donors (Lipinski definition) is 1. The summed E-state index contributed by atoms with van der Waals surface area (Å²) in [7, 11) is 0. The second kappa shape index (κ2) is 4.19. The predicted octanol–water partition coefficient (Wildman–Crippen LogP) is 2.81. The number of rotatable bonds is 3. The largest absolute Gasteiger partial charge is 0.488 e. The highest BCUT2D eigenvalue weighted by atomic mass is 19.1. The topological polar surface area (TPSA) is 35.2 Å². The van der Waals surface area contributed by atoms with Crippen LogP contribution in [-0.2, 0) is 5.54 Å². The summed E-state index contributed by atoms with van der Waals surface area (Å²) in [6.45, 7) is 7.40. The molecule has 0 fully saturated rings. The van der Waals surface area contributed by atoms with Crippen molar-refractivity contribution in [3.8, 4) is 5.75 Å². The minimum absolute atomic E-state index is 0.0313. The van der Waals surface area contributed by atoms with Gasteiger partial charge in [-0.1, -0.05) is 6.07 Å². The molecule has 0 heterocycles. The van der Waals surface area contributed by atoms with Crippen LogP contribution >= 0.6 is 0 Å². The van der Waals surface area contributed by atoms with Gasteiger partial charge in [0.05, 0.1) is 6.10 Å². The molecule has 0 aromatic heterocycles. The third-order valence-corrected chi connectivity index (χ3v) is 2.04. The summed E-state index contributed by atoms with van der Waals surface area (Å²) in [4.78, 5) is 0. The summed E-state index contributed by atoms with van der Waals surface area (Å²) >= 11 is 0. The molecule has 84 valence electrons. The maximum absolute atomic E-state index is 13.6. The van der Waals surface area contributed by atoms with Crippen LogP contribution < -0.4 is 10.5 Å². The highest BCUT2D eigenvalue weighted by Crippen LogP contribution is 2.24. The molecule has 3 heteroatoms. The molecule has 0 atom stereocenters. The van der Waals surface area contributed by atoms with E-state index in [1.54, 1.807) is 12.1 Å². The summed E-state index contributed by atoms with van der Waals surface area (Å²) in [6.07, 6.45) is -0.0313. The predicted molar refractivity (Wildman–Crippen MR) is 59.4 cm³/mol. The minimum Gasteiger partial charge on any atom is -0.488 e. The zero-order chi connectivity index (χ0) is 11.6. The zero-order valence-corrected chi connectivity index (χ0v) is 9.67. The molecular weight excluding hydrogens is 193 g/mol. The van der Waals surface area contributed by atoms with Crippen LogP contribution in [0.4, 0.5) is 4.39 Å². The normalized spacial score (nSPS) is 11.9. The molecular formula is C12H18FNO. The Kier molecular flexibility index (Phi) is 3.35. The molecule has 0 saturated heterocycles. The van der Waals surface area contributed by atoms with Crippen molar-refractivity contribution in [3.05, 3.63) is 29.6 Å². The number of benzene rings is 1. The van der Waals surface area contributed by atoms with E-state index in [9.17, 15) is 4.39 Å². The van der Waals surface area contributed by atoms with Crippen LogP contribution in [0.3, 0.4) is 0 Å². The number of hydrogen-bond acceptors (Lipinski definition) is 2. The van der Waals surface area contributed by atoms with Crippen LogP contribution in [0.15, 0.2) is 18.2 Å². The van der Waals surface area contributed by atoms with Crippen molar-refractivity contribution in [2.45, 2.75) is 39.3 Å². The van der Waals surface area contributed by atoms with E-state index in [4.69, 9.17) is 10.5 Å². The minimum atomic E-state index is -0.531. The molecule has 0 aliphatic heterocycles. The van der Waals surface area contributed by atoms with Gasteiger partial charge in [0.1, 0.15) is 0 Å². The molecule has 0 saturated carbocycles. The van der Waals surface area contributed by atoms with E-state index in [-0.39, 0.29) is 17.7 Å². The van der Waals surface area contributed by atoms with Crippen LogP contribution in [0.2, 0.25) is 0 Å². The van der Waals surface area contributed by atoms with E-state index in [0.717, 1.165) is 5.56 Å². The van der Waals surface area contributed by atoms with Gasteiger partial charge in [-0.2, -0.15) is 0 Å². The fourth-order valence-corrected chi connectivity index (χ4v) is 1.25. The summed E-state index contributed by atoms with van der Waals surface area (Å²) in [5.74, 6) is -0.0854. The first-order valence-corrected chi connectivity index (χ1v) is 5.06. The molecule has 0 bridgehead atoms. The Morgan fingerprint density at radius 3 is 2.33 bits per heavy atom. The first-order chi connectivity index (χ1) is 6.80. The molecule has 15 heavy (non-hydrogen) atoms. The van der Waals surface area contributed by atoms with Crippen molar-refractivity contribution >= 4 is 0 Å². The van der Waals surface area contributed by atoms with Crippen LogP contribution in [0, 0.1) is 5.82 Å². The summed E-state index contributed by atoms with van der Waals surface area (Å²) in [6, 6.07) is 4.85. The fourth-order valence-electron chi connectivity index (χ4n) is 1.25. The number of nitrogens with two attached hydrogens (primary N) is 1. The average Bonchev–Trinajstić information content (AvgIpc) is 2.05. The van der Waals surface area contributed by atoms with Crippen LogP contribution in [0.1, 0.15) is 33.3 Å². The van der Waals surface area contributed by atoms with Crippen molar-refractivity contribution in [1.82, 2.24) is 0 Å². The lowest BCUT2D eigenvalue weighted by Crippen LogP contribution is -2.28. The summed E-state index contributed by atoms with van der Waals surface area (Å²) < 4.78 is 18.9. The molecule has 0 unspecified atom stereocenters. The maximum Gasteiger partial charge on any atom is 0.165 e. The Morgan fingerprint density at radius 2 is 1.93 bits per heavy atom. The van der Waals surface area contributed by atoms with Gasteiger partial charge in [-0.05, 0) is 45.4 Å². The number of halogens is 1. The summed E-state index contributed by atoms with van der Waals surface area (Å²) in [5.41, 5.74) is 6.10. The Balaban J connectivity index is 2.98. The van der Waals surface area contributed by atoms with Gasteiger partial charge in [0.2, 0.25) is 0 Å². The Labute approximate surface area is 90.2 Å². The fraction of sp³-hybridized carbons (Fsp3) is 0.500. The van der Waals surface area contributed by atoms with E-state index in [0.29, 0.717) is 0 Å². The quantitative estimate of drug-likeness (QED) is 0.834. The maximum atomic E-state index is 13.6. The van der Waals surface area contributed by atoms with Gasteiger partial charge in [-0.25, -0.2) is 4.39 Å². The van der Waals surface area contributed by atoms with E-state index < -0.39 is 5.54 Å². The lowest BCUT2D eigenvalue weighted by Gasteiger charge is -2.20. The van der Waals surface area contributed by atoms with Crippen LogP contribution in [0.25, 0.3) is 0 Å². The Morgan fingerprint density at radius 1 is 1.33 bits per heavy atom. The Hall–Kier alpha value is -1.09. The second-order valence-corrected chi connectivity index (χ2v) is 4.53. The van der Waals surface area contributed by atoms with Crippen molar-refractivity contribution < 1.29 is 9.13 Å². The van der Waals surface area contributed by atoms with Crippen LogP contribution in [0.5, 0.6) is 5.75 Å². The molecule has 0 aliphatic rings. The van der Waals surface area contributed by atoms with Gasteiger partial charge in [0.25, 0.3) is 0 Å². The molecule has 0 amide bonds. The summed E-state index contributed by atoms with van der Waals surface area (Å²) in [5, 5.41) is 0. The van der Waals surface area contributed by atoms with Gasteiger partial charge in [-0.3, -0.25) is 0 Å². The number of ether oxygens (including phenoxy) is 1. The highest BCUT2D eigenvalue weighted by Gasteiger charge is 2.16. The van der Waals surface area contributed by atoms with Gasteiger partial charge in [0.15, 0.2) is 11.6 Å². The van der Waals surface area contributed by atoms with Gasteiger partial charge < -0.3 is 10.5 Å². The SMILES string of the molecule is CC(C)Oc1ccc(C(C)(C)N)cc1F. The van der Waals surface area contributed by atoms with Gasteiger partial charge in [-0.15, -0.1) is 0 Å². The van der Waals surface area contributed by atoms with Crippen molar-refractivity contribution in [1.29, 1.82) is 0 Å². The van der Waals surface area contributed by atoms with E-state index in [2.05, 4.69) is 0 Å². The van der Waals surface area contributed by atoms with Crippen molar-refractivity contribution in [2.24, 2.45) is 5.73 Å². The van der Waals surface area contributed by atoms with Gasteiger partial charge in [0, 0.05) is 5.54 Å².